The molecule has 0 aliphatic heterocycles. The minimum atomic E-state index is 0.231. The summed E-state index contributed by atoms with van der Waals surface area (Å²) in [6.07, 6.45) is 5.82. The van der Waals surface area contributed by atoms with Gasteiger partial charge in [0.25, 0.3) is 0 Å². The average molecular weight is 260 g/mol. The first kappa shape index (κ1) is 11.3. The summed E-state index contributed by atoms with van der Waals surface area (Å²) in [4.78, 5) is 12.3. The number of amides is 1. The van der Waals surface area contributed by atoms with Crippen LogP contribution in [0.5, 0.6) is 0 Å². The lowest BCUT2D eigenvalue weighted by Gasteiger charge is -2.09. The SMILES string of the molecule is Cn1ncc(CNC(=O)C2C3C4CCC(C4)C23)c1N. The van der Waals surface area contributed by atoms with Crippen LogP contribution in [-0.2, 0) is 18.4 Å². The van der Waals surface area contributed by atoms with E-state index in [1.54, 1.807) is 10.9 Å². The number of aryl methyl sites for hydroxylation is 1. The van der Waals surface area contributed by atoms with E-state index in [2.05, 4.69) is 10.4 Å². The number of nitrogens with zero attached hydrogens (tertiary/aromatic N) is 2. The highest BCUT2D eigenvalue weighted by molar-refractivity contribution is 5.82. The number of carbonyl (C=O) groups is 1. The van der Waals surface area contributed by atoms with Crippen molar-refractivity contribution in [2.45, 2.75) is 25.8 Å². The van der Waals surface area contributed by atoms with Crippen molar-refractivity contribution in [3.63, 3.8) is 0 Å². The molecule has 3 aliphatic carbocycles. The second-order valence-corrected chi connectivity index (χ2v) is 6.41. The smallest absolute Gasteiger partial charge is 0.223 e. The normalized spacial score (nSPS) is 38.3. The fraction of sp³-hybridized carbons (Fsp3) is 0.714. The number of anilines is 1. The van der Waals surface area contributed by atoms with Gasteiger partial charge in [-0.2, -0.15) is 5.10 Å². The highest BCUT2D eigenvalue weighted by Gasteiger charge is 2.67. The molecule has 5 heteroatoms. The van der Waals surface area contributed by atoms with Crippen molar-refractivity contribution in [1.82, 2.24) is 15.1 Å². The molecule has 3 N–H and O–H groups in total. The van der Waals surface area contributed by atoms with Crippen LogP contribution in [0.25, 0.3) is 0 Å². The second kappa shape index (κ2) is 3.74. The summed E-state index contributed by atoms with van der Waals surface area (Å²) in [7, 11) is 1.81. The number of aromatic nitrogens is 2. The Labute approximate surface area is 112 Å². The molecule has 3 fully saturated rings. The summed E-state index contributed by atoms with van der Waals surface area (Å²) in [5.74, 6) is 4.24. The van der Waals surface area contributed by atoms with Crippen LogP contribution < -0.4 is 11.1 Å². The van der Waals surface area contributed by atoms with Crippen LogP contribution in [0.2, 0.25) is 0 Å². The van der Waals surface area contributed by atoms with Gasteiger partial charge in [0.15, 0.2) is 0 Å². The number of nitrogen functional groups attached to an aromatic ring is 1. The molecule has 3 saturated carbocycles. The molecule has 0 radical (unpaired) electrons. The number of carbonyl (C=O) groups excluding carboxylic acids is 1. The van der Waals surface area contributed by atoms with Crippen LogP contribution in [0, 0.1) is 29.6 Å². The van der Waals surface area contributed by atoms with E-state index in [9.17, 15) is 4.79 Å². The fourth-order valence-electron chi connectivity index (χ4n) is 4.60. The van der Waals surface area contributed by atoms with Gasteiger partial charge in [0.1, 0.15) is 5.82 Å². The Bertz CT molecular complexity index is 522. The van der Waals surface area contributed by atoms with Gasteiger partial charge in [-0.25, -0.2) is 0 Å². The maximum Gasteiger partial charge on any atom is 0.223 e. The molecule has 5 nitrogen and oxygen atoms in total. The first-order valence-electron chi connectivity index (χ1n) is 7.21. The summed E-state index contributed by atoms with van der Waals surface area (Å²) in [6, 6.07) is 0. The summed E-state index contributed by atoms with van der Waals surface area (Å²) in [6.45, 7) is 0.504. The maximum atomic E-state index is 12.3. The number of fused-ring (bicyclic) bond motifs is 5. The molecule has 0 spiro atoms. The zero-order valence-electron chi connectivity index (χ0n) is 11.2. The minimum Gasteiger partial charge on any atom is -0.384 e. The number of rotatable bonds is 3. The molecule has 1 amide bonds. The molecule has 4 unspecified atom stereocenters. The Morgan fingerprint density at radius 3 is 2.74 bits per heavy atom. The predicted molar refractivity (Wildman–Crippen MR) is 70.8 cm³/mol. The average Bonchev–Trinajstić information content (AvgIpc) is 2.67. The molecule has 0 saturated heterocycles. The molecule has 3 aliphatic rings. The van der Waals surface area contributed by atoms with Gasteiger partial charge in [-0.1, -0.05) is 0 Å². The van der Waals surface area contributed by atoms with E-state index in [0.29, 0.717) is 30.1 Å². The van der Waals surface area contributed by atoms with Crippen LogP contribution >= 0.6 is 0 Å². The van der Waals surface area contributed by atoms with Gasteiger partial charge in [-0.3, -0.25) is 9.48 Å². The zero-order valence-corrected chi connectivity index (χ0v) is 11.2. The third-order valence-corrected chi connectivity index (χ3v) is 5.56. The van der Waals surface area contributed by atoms with Gasteiger partial charge < -0.3 is 11.1 Å². The van der Waals surface area contributed by atoms with Crippen LogP contribution in [0.4, 0.5) is 5.82 Å². The van der Waals surface area contributed by atoms with Gasteiger partial charge in [-0.15, -0.1) is 0 Å². The first-order chi connectivity index (χ1) is 9.16. The summed E-state index contributed by atoms with van der Waals surface area (Å²) >= 11 is 0. The molecular formula is C14H20N4O. The van der Waals surface area contributed by atoms with Gasteiger partial charge in [-0.05, 0) is 42.9 Å². The first-order valence-corrected chi connectivity index (χ1v) is 7.21. The predicted octanol–water partition coefficient (Wildman–Crippen LogP) is 0.911. The van der Waals surface area contributed by atoms with Crippen LogP contribution in [0.1, 0.15) is 24.8 Å². The van der Waals surface area contributed by atoms with Gasteiger partial charge >= 0.3 is 0 Å². The summed E-state index contributed by atoms with van der Waals surface area (Å²) < 4.78 is 1.63. The van der Waals surface area contributed by atoms with Crippen LogP contribution in [0.3, 0.4) is 0 Å². The molecule has 19 heavy (non-hydrogen) atoms. The number of nitrogens with two attached hydrogens (primary N) is 1. The second-order valence-electron chi connectivity index (χ2n) is 6.41. The van der Waals surface area contributed by atoms with Crippen molar-refractivity contribution >= 4 is 11.7 Å². The number of nitrogens with one attached hydrogen (secondary N) is 1. The molecule has 4 rings (SSSR count). The zero-order chi connectivity index (χ0) is 13.1. The highest BCUT2D eigenvalue weighted by atomic mass is 16.2. The van der Waals surface area contributed by atoms with E-state index in [4.69, 9.17) is 5.73 Å². The lowest BCUT2D eigenvalue weighted by molar-refractivity contribution is -0.123. The molecule has 4 atom stereocenters. The van der Waals surface area contributed by atoms with Crippen LogP contribution in [0.15, 0.2) is 6.20 Å². The van der Waals surface area contributed by atoms with Crippen molar-refractivity contribution in [3.05, 3.63) is 11.8 Å². The van der Waals surface area contributed by atoms with Crippen molar-refractivity contribution in [2.24, 2.45) is 36.6 Å². The van der Waals surface area contributed by atoms with E-state index in [1.807, 2.05) is 7.05 Å². The molecule has 1 heterocycles. The van der Waals surface area contributed by atoms with Crippen molar-refractivity contribution in [2.75, 3.05) is 5.73 Å². The molecule has 102 valence electrons. The topological polar surface area (TPSA) is 72.9 Å². The number of hydrogen-bond donors (Lipinski definition) is 2. The minimum absolute atomic E-state index is 0.231. The lowest BCUT2D eigenvalue weighted by atomic mass is 10.0. The summed E-state index contributed by atoms with van der Waals surface area (Å²) in [5.41, 5.74) is 6.78. The van der Waals surface area contributed by atoms with Crippen molar-refractivity contribution in [1.29, 1.82) is 0 Å². The third-order valence-electron chi connectivity index (χ3n) is 5.56. The third kappa shape index (κ3) is 1.53. The van der Waals surface area contributed by atoms with E-state index in [0.717, 1.165) is 17.4 Å². The molecule has 1 aromatic heterocycles. The highest BCUT2D eigenvalue weighted by Crippen LogP contribution is 2.69. The monoisotopic (exact) mass is 260 g/mol. The Morgan fingerprint density at radius 1 is 1.47 bits per heavy atom. The quantitative estimate of drug-likeness (QED) is 0.848. The van der Waals surface area contributed by atoms with Crippen molar-refractivity contribution < 1.29 is 4.79 Å². The van der Waals surface area contributed by atoms with Gasteiger partial charge in [0.05, 0.1) is 6.20 Å². The summed E-state index contributed by atoms with van der Waals surface area (Å²) in [5, 5.41) is 7.13. The fourth-order valence-corrected chi connectivity index (χ4v) is 4.60. The van der Waals surface area contributed by atoms with Gasteiger partial charge in [0, 0.05) is 25.1 Å². The van der Waals surface area contributed by atoms with Crippen molar-refractivity contribution in [3.8, 4) is 0 Å². The lowest BCUT2D eigenvalue weighted by Crippen LogP contribution is -2.27. The maximum absolute atomic E-state index is 12.3. The molecular weight excluding hydrogens is 240 g/mol. The van der Waals surface area contributed by atoms with E-state index in [1.165, 1.54) is 19.3 Å². The van der Waals surface area contributed by atoms with Crippen LogP contribution in [-0.4, -0.2) is 15.7 Å². The molecule has 1 aromatic rings. The Balaban J connectivity index is 1.37. The Hall–Kier alpha value is -1.52. The molecule has 2 bridgehead atoms. The van der Waals surface area contributed by atoms with E-state index < -0.39 is 0 Å². The largest absolute Gasteiger partial charge is 0.384 e. The van der Waals surface area contributed by atoms with Gasteiger partial charge in [0.2, 0.25) is 5.91 Å². The Kier molecular flexibility index (Phi) is 2.23. The van der Waals surface area contributed by atoms with E-state index >= 15 is 0 Å². The standard InChI is InChI=1S/C14H20N4O/c1-18-13(15)9(6-17-18)5-16-14(19)12-10-7-2-3-8(4-7)11(10)12/h6-8,10-12H,2-5,15H2,1H3,(H,16,19). The number of hydrogen-bond acceptors (Lipinski definition) is 3. The Morgan fingerprint density at radius 2 is 2.16 bits per heavy atom. The van der Waals surface area contributed by atoms with E-state index in [-0.39, 0.29) is 5.91 Å². The molecule has 0 aromatic carbocycles.